The molecule has 68 valence electrons. The van der Waals surface area contributed by atoms with Crippen LogP contribution in [0.5, 0.6) is 5.75 Å². The smallest absolute Gasteiger partial charge is 0.134 e. The van der Waals surface area contributed by atoms with Gasteiger partial charge in [-0.05, 0) is 57.3 Å². The van der Waals surface area contributed by atoms with Gasteiger partial charge in [-0.15, -0.1) is 0 Å². The fourth-order valence-electron chi connectivity index (χ4n) is 1.16. The summed E-state index contributed by atoms with van der Waals surface area (Å²) < 4.78 is 7.31. The number of aromatic nitrogens is 2. The number of H-pyrrole nitrogens is 1. The maximum Gasteiger partial charge on any atom is 0.134 e. The quantitative estimate of drug-likeness (QED) is 0.749. The van der Waals surface area contributed by atoms with E-state index in [0.29, 0.717) is 0 Å². The molecule has 1 aromatic carbocycles. The Morgan fingerprint density at radius 1 is 1.38 bits per heavy atom. The van der Waals surface area contributed by atoms with Crippen molar-refractivity contribution in [2.24, 2.45) is 0 Å². The van der Waals surface area contributed by atoms with E-state index >= 15 is 0 Å². The Morgan fingerprint density at radius 3 is 2.85 bits per heavy atom. The van der Waals surface area contributed by atoms with Crippen LogP contribution >= 0.6 is 45.2 Å². The molecule has 0 saturated carbocycles. The number of hydrogen-bond acceptors (Lipinski definition) is 2. The zero-order valence-electron chi connectivity index (χ0n) is 6.77. The Kier molecular flexibility index (Phi) is 2.63. The van der Waals surface area contributed by atoms with Crippen molar-refractivity contribution in [1.29, 1.82) is 0 Å². The Bertz CT molecular complexity index is 453. The van der Waals surface area contributed by atoms with Crippen molar-refractivity contribution >= 4 is 56.1 Å². The van der Waals surface area contributed by atoms with Crippen LogP contribution in [0.25, 0.3) is 10.9 Å². The number of benzene rings is 1. The van der Waals surface area contributed by atoms with Crippen LogP contribution in [0.1, 0.15) is 0 Å². The molecule has 5 heteroatoms. The molecule has 0 atom stereocenters. The molecule has 0 radical (unpaired) electrons. The molecular weight excluding hydrogens is 394 g/mol. The number of fused-ring (bicyclic) bond motifs is 1. The van der Waals surface area contributed by atoms with Crippen LogP contribution in [0.4, 0.5) is 0 Å². The highest BCUT2D eigenvalue weighted by atomic mass is 127. The highest BCUT2D eigenvalue weighted by Crippen LogP contribution is 2.29. The van der Waals surface area contributed by atoms with Gasteiger partial charge < -0.3 is 4.74 Å². The lowest BCUT2D eigenvalue weighted by Crippen LogP contribution is -1.87. The highest BCUT2D eigenvalue weighted by Gasteiger charge is 2.09. The lowest BCUT2D eigenvalue weighted by molar-refractivity contribution is 0.412. The summed E-state index contributed by atoms with van der Waals surface area (Å²) >= 11 is 4.47. The van der Waals surface area contributed by atoms with E-state index < -0.39 is 0 Å². The maximum atomic E-state index is 5.20. The first-order valence-electron chi connectivity index (χ1n) is 3.60. The van der Waals surface area contributed by atoms with Crippen LogP contribution in [0, 0.1) is 7.27 Å². The molecular formula is C8H6I2N2O. The number of hydrogen-bond donors (Lipinski definition) is 1. The summed E-state index contributed by atoms with van der Waals surface area (Å²) in [6.07, 6.45) is 0. The van der Waals surface area contributed by atoms with Gasteiger partial charge >= 0.3 is 0 Å². The van der Waals surface area contributed by atoms with Gasteiger partial charge in [-0.2, -0.15) is 5.10 Å². The molecule has 0 aliphatic rings. The maximum absolute atomic E-state index is 5.20. The van der Waals surface area contributed by atoms with Crippen LogP contribution < -0.4 is 4.74 Å². The molecule has 1 aromatic heterocycles. The number of rotatable bonds is 1. The summed E-state index contributed by atoms with van der Waals surface area (Å²) in [6, 6.07) is 3.98. The number of aromatic amines is 1. The Balaban J connectivity index is 2.80. The normalized spacial score (nSPS) is 10.7. The lowest BCUT2D eigenvalue weighted by atomic mass is 10.2. The van der Waals surface area contributed by atoms with E-state index in [9.17, 15) is 0 Å². The van der Waals surface area contributed by atoms with Gasteiger partial charge in [0.15, 0.2) is 0 Å². The third-order valence-corrected chi connectivity index (χ3v) is 3.67. The van der Waals surface area contributed by atoms with Crippen molar-refractivity contribution in [3.8, 4) is 5.75 Å². The van der Waals surface area contributed by atoms with Crippen molar-refractivity contribution < 1.29 is 4.74 Å². The molecule has 0 unspecified atom stereocenters. The molecule has 1 heterocycles. The minimum absolute atomic E-state index is 0.871. The van der Waals surface area contributed by atoms with E-state index in [0.717, 1.165) is 23.9 Å². The molecule has 0 bridgehead atoms. The standard InChI is InChI=1S/C8H6I2N2O/c1-13-5-3-2-4-7(6(5)9)11-12-8(4)10/h2-3H,1H3,(H,11,12). The van der Waals surface area contributed by atoms with Gasteiger partial charge in [0.2, 0.25) is 0 Å². The zero-order valence-corrected chi connectivity index (χ0v) is 11.1. The van der Waals surface area contributed by atoms with Crippen molar-refractivity contribution in [3.05, 3.63) is 19.4 Å². The molecule has 2 aromatic rings. The van der Waals surface area contributed by atoms with Gasteiger partial charge in [-0.1, -0.05) is 0 Å². The van der Waals surface area contributed by atoms with E-state index in [-0.39, 0.29) is 0 Å². The minimum Gasteiger partial charge on any atom is -0.496 e. The number of halogens is 2. The van der Waals surface area contributed by atoms with Crippen molar-refractivity contribution in [2.45, 2.75) is 0 Å². The summed E-state index contributed by atoms with van der Waals surface area (Å²) in [4.78, 5) is 0. The summed E-state index contributed by atoms with van der Waals surface area (Å²) in [5.41, 5.74) is 0.976. The van der Waals surface area contributed by atoms with Gasteiger partial charge in [0, 0.05) is 5.39 Å². The van der Waals surface area contributed by atoms with E-state index in [1.807, 2.05) is 12.1 Å². The number of ether oxygens (including phenoxy) is 1. The Labute approximate surface area is 103 Å². The number of nitrogens with zero attached hydrogens (tertiary/aromatic N) is 1. The first kappa shape index (κ1) is 9.50. The van der Waals surface area contributed by atoms with Crippen LogP contribution in [0.15, 0.2) is 12.1 Å². The first-order valence-corrected chi connectivity index (χ1v) is 5.76. The van der Waals surface area contributed by atoms with E-state index in [4.69, 9.17) is 4.74 Å². The second-order valence-electron chi connectivity index (χ2n) is 2.52. The second-order valence-corrected chi connectivity index (χ2v) is 4.67. The molecule has 0 fully saturated rings. The van der Waals surface area contributed by atoms with Crippen LogP contribution in [-0.4, -0.2) is 17.3 Å². The second kappa shape index (κ2) is 3.60. The van der Waals surface area contributed by atoms with Crippen molar-refractivity contribution in [1.82, 2.24) is 10.2 Å². The van der Waals surface area contributed by atoms with Gasteiger partial charge in [-0.25, -0.2) is 0 Å². The molecule has 0 saturated heterocycles. The molecule has 0 spiro atoms. The summed E-state index contributed by atoms with van der Waals surface area (Å²) in [5.74, 6) is 0.871. The average Bonchev–Trinajstić information content (AvgIpc) is 2.50. The first-order chi connectivity index (χ1) is 6.24. The van der Waals surface area contributed by atoms with E-state index in [1.165, 1.54) is 0 Å². The number of methoxy groups -OCH3 is 1. The van der Waals surface area contributed by atoms with Crippen LogP contribution in [0.2, 0.25) is 0 Å². The lowest BCUT2D eigenvalue weighted by Gasteiger charge is -2.01. The SMILES string of the molecule is COc1ccc2c(I)[nH]nc2c1I. The highest BCUT2D eigenvalue weighted by molar-refractivity contribution is 14.1. The summed E-state index contributed by atoms with van der Waals surface area (Å²) in [7, 11) is 1.67. The number of nitrogens with one attached hydrogen (secondary N) is 1. The van der Waals surface area contributed by atoms with Gasteiger partial charge in [-0.3, -0.25) is 5.10 Å². The minimum atomic E-state index is 0.871. The Hall–Kier alpha value is -0.0500. The predicted molar refractivity (Wildman–Crippen MR) is 68.1 cm³/mol. The van der Waals surface area contributed by atoms with E-state index in [1.54, 1.807) is 7.11 Å². The fraction of sp³-hybridized carbons (Fsp3) is 0.125. The third-order valence-electron chi connectivity index (χ3n) is 1.80. The average molecular weight is 400 g/mol. The molecule has 0 amide bonds. The van der Waals surface area contributed by atoms with Gasteiger partial charge in [0.25, 0.3) is 0 Å². The molecule has 0 aliphatic heterocycles. The molecule has 3 nitrogen and oxygen atoms in total. The Morgan fingerprint density at radius 2 is 2.15 bits per heavy atom. The largest absolute Gasteiger partial charge is 0.496 e. The third kappa shape index (κ3) is 1.51. The van der Waals surface area contributed by atoms with Crippen LogP contribution in [0.3, 0.4) is 0 Å². The molecule has 1 N–H and O–H groups in total. The zero-order chi connectivity index (χ0) is 9.42. The van der Waals surface area contributed by atoms with Crippen molar-refractivity contribution in [2.75, 3.05) is 7.11 Å². The molecule has 2 rings (SSSR count). The molecule has 13 heavy (non-hydrogen) atoms. The van der Waals surface area contributed by atoms with Crippen molar-refractivity contribution in [3.63, 3.8) is 0 Å². The van der Waals surface area contributed by atoms with Gasteiger partial charge in [0.05, 0.1) is 10.7 Å². The van der Waals surface area contributed by atoms with Gasteiger partial charge in [0.1, 0.15) is 15.0 Å². The molecule has 0 aliphatic carbocycles. The van der Waals surface area contributed by atoms with Crippen LogP contribution in [-0.2, 0) is 0 Å². The monoisotopic (exact) mass is 400 g/mol. The summed E-state index contributed by atoms with van der Waals surface area (Å²) in [5, 5.41) is 8.30. The topological polar surface area (TPSA) is 37.9 Å². The summed E-state index contributed by atoms with van der Waals surface area (Å²) in [6.45, 7) is 0. The fourth-order valence-corrected chi connectivity index (χ4v) is 2.52. The van der Waals surface area contributed by atoms with E-state index in [2.05, 4.69) is 55.4 Å². The predicted octanol–water partition coefficient (Wildman–Crippen LogP) is 2.78.